The molecule has 26 heavy (non-hydrogen) atoms. The second-order valence-electron chi connectivity index (χ2n) is 7.50. The molecular weight excluding hydrogens is 350 g/mol. The van der Waals surface area contributed by atoms with E-state index in [-0.39, 0.29) is 24.3 Å². The van der Waals surface area contributed by atoms with E-state index in [9.17, 15) is 9.90 Å². The fraction of sp³-hybridized carbons (Fsp3) is 0.632. The van der Waals surface area contributed by atoms with Gasteiger partial charge in [-0.05, 0) is 38.3 Å². The molecule has 1 amide bonds. The highest BCUT2D eigenvalue weighted by atomic mass is 32.1. The third-order valence-corrected chi connectivity index (χ3v) is 5.95. The number of amides is 1. The number of likely N-dealkylation sites (tertiary alicyclic amines) is 1. The van der Waals surface area contributed by atoms with E-state index in [4.69, 9.17) is 4.52 Å². The van der Waals surface area contributed by atoms with Crippen molar-refractivity contribution >= 4 is 17.2 Å². The second-order valence-corrected chi connectivity index (χ2v) is 8.96. The van der Waals surface area contributed by atoms with Gasteiger partial charge in [-0.1, -0.05) is 19.0 Å². The number of hydrogen-bond acceptors (Lipinski definition) is 6. The second kappa shape index (κ2) is 7.48. The molecule has 0 spiro atoms. The molecule has 3 rings (SSSR count). The van der Waals surface area contributed by atoms with Crippen molar-refractivity contribution in [1.82, 2.24) is 15.0 Å². The van der Waals surface area contributed by atoms with Gasteiger partial charge in [0.15, 0.2) is 11.4 Å². The van der Waals surface area contributed by atoms with E-state index in [1.54, 1.807) is 16.2 Å². The number of nitrogens with zero attached hydrogens (tertiary/aromatic N) is 3. The van der Waals surface area contributed by atoms with E-state index in [0.29, 0.717) is 25.2 Å². The van der Waals surface area contributed by atoms with Crippen molar-refractivity contribution in [3.8, 4) is 0 Å². The molecule has 0 aliphatic carbocycles. The molecule has 0 radical (unpaired) electrons. The van der Waals surface area contributed by atoms with Crippen molar-refractivity contribution in [2.75, 3.05) is 13.1 Å². The van der Waals surface area contributed by atoms with Crippen LogP contribution < -0.4 is 0 Å². The first-order valence-electron chi connectivity index (χ1n) is 9.18. The maximum atomic E-state index is 12.5. The van der Waals surface area contributed by atoms with Gasteiger partial charge in [-0.25, -0.2) is 0 Å². The van der Waals surface area contributed by atoms with Gasteiger partial charge in [0.2, 0.25) is 5.91 Å². The number of aromatic nitrogens is 2. The zero-order valence-electron chi connectivity index (χ0n) is 15.9. The van der Waals surface area contributed by atoms with E-state index >= 15 is 0 Å². The molecule has 1 fully saturated rings. The van der Waals surface area contributed by atoms with Gasteiger partial charge < -0.3 is 14.5 Å². The summed E-state index contributed by atoms with van der Waals surface area (Å²) in [5, 5.41) is 14.8. The lowest BCUT2D eigenvalue weighted by atomic mass is 10.0. The van der Waals surface area contributed by atoms with E-state index in [1.807, 2.05) is 13.8 Å². The Bertz CT molecular complexity index is 783. The van der Waals surface area contributed by atoms with Crippen LogP contribution in [0.15, 0.2) is 10.6 Å². The van der Waals surface area contributed by atoms with Gasteiger partial charge in [0.05, 0.1) is 6.54 Å². The van der Waals surface area contributed by atoms with E-state index in [2.05, 4.69) is 30.1 Å². The quantitative estimate of drug-likeness (QED) is 0.835. The maximum absolute atomic E-state index is 12.5. The summed E-state index contributed by atoms with van der Waals surface area (Å²) in [7, 11) is 0. The highest BCUT2D eigenvalue weighted by Crippen LogP contribution is 2.32. The highest BCUT2D eigenvalue weighted by Gasteiger charge is 2.44. The predicted octanol–water partition coefficient (Wildman–Crippen LogP) is 3.31. The van der Waals surface area contributed by atoms with Crippen LogP contribution >= 0.6 is 11.3 Å². The summed E-state index contributed by atoms with van der Waals surface area (Å²) in [6.45, 7) is 8.93. The summed E-state index contributed by atoms with van der Waals surface area (Å²) >= 11 is 1.80. The molecule has 6 nitrogen and oxygen atoms in total. The van der Waals surface area contributed by atoms with E-state index in [0.717, 1.165) is 12.8 Å². The Balaban J connectivity index is 1.54. The first-order valence-corrected chi connectivity index (χ1v) is 10.0. The fourth-order valence-electron chi connectivity index (χ4n) is 3.36. The molecule has 0 unspecified atom stereocenters. The standard InChI is InChI=1S/C19H27N3O3S/c1-12(2)17-20-18(25-21-17)19(24)8-9-22(11-19)16(23)7-5-6-15-10-13(3)26-14(15)4/h10,12,24H,5-9,11H2,1-4H3/t19-/m1/s1. The van der Waals surface area contributed by atoms with Crippen LogP contribution in [0.1, 0.15) is 66.1 Å². The van der Waals surface area contributed by atoms with Gasteiger partial charge in [-0.2, -0.15) is 4.98 Å². The third-order valence-electron chi connectivity index (χ3n) is 4.94. The van der Waals surface area contributed by atoms with Crippen LogP contribution in [0.3, 0.4) is 0 Å². The summed E-state index contributed by atoms with van der Waals surface area (Å²) in [6, 6.07) is 2.21. The SMILES string of the molecule is Cc1cc(CCCC(=O)N2CC[C@](O)(c3nc(C(C)C)no3)C2)c(C)s1. The third kappa shape index (κ3) is 3.99. The van der Waals surface area contributed by atoms with Crippen LogP contribution in [0, 0.1) is 13.8 Å². The first-order chi connectivity index (χ1) is 12.3. The van der Waals surface area contributed by atoms with E-state index < -0.39 is 5.60 Å². The first kappa shape index (κ1) is 19.0. The predicted molar refractivity (Wildman–Crippen MR) is 100 cm³/mol. The van der Waals surface area contributed by atoms with Gasteiger partial charge in [0.1, 0.15) is 0 Å². The maximum Gasteiger partial charge on any atom is 0.260 e. The van der Waals surface area contributed by atoms with Crippen LogP contribution in [0.2, 0.25) is 0 Å². The van der Waals surface area contributed by atoms with E-state index in [1.165, 1.54) is 15.3 Å². The van der Waals surface area contributed by atoms with Gasteiger partial charge >= 0.3 is 0 Å². The summed E-state index contributed by atoms with van der Waals surface area (Å²) in [5.74, 6) is 1.02. The molecule has 0 bridgehead atoms. The summed E-state index contributed by atoms with van der Waals surface area (Å²) in [5.41, 5.74) is 0.113. The molecule has 1 atom stereocenters. The number of thiophene rings is 1. The van der Waals surface area contributed by atoms with Crippen molar-refractivity contribution in [2.45, 2.75) is 64.9 Å². The molecule has 2 aromatic rings. The Morgan fingerprint density at radius 2 is 2.23 bits per heavy atom. The monoisotopic (exact) mass is 377 g/mol. The molecule has 3 heterocycles. The molecule has 0 aromatic carbocycles. The zero-order valence-corrected chi connectivity index (χ0v) is 16.7. The summed E-state index contributed by atoms with van der Waals surface area (Å²) in [4.78, 5) is 21.2. The van der Waals surface area contributed by atoms with Gasteiger partial charge in [0, 0.05) is 35.1 Å². The zero-order chi connectivity index (χ0) is 18.9. The Morgan fingerprint density at radius 3 is 2.85 bits per heavy atom. The van der Waals surface area contributed by atoms with Gasteiger partial charge in [0.25, 0.3) is 5.89 Å². The molecule has 142 valence electrons. The minimum absolute atomic E-state index is 0.0779. The lowest BCUT2D eigenvalue weighted by Crippen LogP contribution is -2.34. The van der Waals surface area contributed by atoms with Crippen molar-refractivity contribution in [3.63, 3.8) is 0 Å². The molecular formula is C19H27N3O3S. The molecule has 1 aliphatic rings. The largest absolute Gasteiger partial charge is 0.378 e. The minimum Gasteiger partial charge on any atom is -0.378 e. The Labute approximate surface area is 158 Å². The number of β-amino-alcohol motifs (C(OH)–C–C–N with tert-alkyl or cyclic N) is 1. The molecule has 0 saturated carbocycles. The average molecular weight is 378 g/mol. The molecule has 1 N–H and O–H groups in total. The molecule has 2 aromatic heterocycles. The Morgan fingerprint density at radius 1 is 1.46 bits per heavy atom. The minimum atomic E-state index is -1.23. The van der Waals surface area contributed by atoms with Gasteiger partial charge in [-0.15, -0.1) is 11.3 Å². The fourth-order valence-corrected chi connectivity index (χ4v) is 4.34. The van der Waals surface area contributed by atoms with Crippen LogP contribution in [0.5, 0.6) is 0 Å². The number of hydrogen-bond donors (Lipinski definition) is 1. The van der Waals surface area contributed by atoms with Crippen molar-refractivity contribution in [3.05, 3.63) is 33.1 Å². The lowest BCUT2D eigenvalue weighted by molar-refractivity contribution is -0.131. The number of carbonyl (C=O) groups excluding carboxylic acids is 1. The summed E-state index contributed by atoms with van der Waals surface area (Å²) in [6.07, 6.45) is 2.66. The van der Waals surface area contributed by atoms with Crippen molar-refractivity contribution in [2.24, 2.45) is 0 Å². The number of aliphatic hydroxyl groups is 1. The highest BCUT2D eigenvalue weighted by molar-refractivity contribution is 7.12. The van der Waals surface area contributed by atoms with Crippen molar-refractivity contribution in [1.29, 1.82) is 0 Å². The van der Waals surface area contributed by atoms with Gasteiger partial charge in [-0.3, -0.25) is 4.79 Å². The summed E-state index contributed by atoms with van der Waals surface area (Å²) < 4.78 is 5.25. The lowest BCUT2D eigenvalue weighted by Gasteiger charge is -2.19. The Hall–Kier alpha value is -1.73. The average Bonchev–Trinajstić information content (AvgIpc) is 3.27. The molecule has 7 heteroatoms. The topological polar surface area (TPSA) is 79.5 Å². The smallest absolute Gasteiger partial charge is 0.260 e. The number of aryl methyl sites for hydroxylation is 3. The van der Waals surface area contributed by atoms with Crippen LogP contribution in [0.25, 0.3) is 0 Å². The number of carbonyl (C=O) groups is 1. The van der Waals surface area contributed by atoms with Crippen LogP contribution in [-0.4, -0.2) is 39.1 Å². The molecule has 1 aliphatic heterocycles. The van der Waals surface area contributed by atoms with Crippen molar-refractivity contribution < 1.29 is 14.4 Å². The van der Waals surface area contributed by atoms with Crippen LogP contribution in [-0.2, 0) is 16.8 Å². The Kier molecular flexibility index (Phi) is 5.48. The molecule has 1 saturated heterocycles. The van der Waals surface area contributed by atoms with Crippen LogP contribution in [0.4, 0.5) is 0 Å². The number of rotatable bonds is 6. The normalized spacial score (nSPS) is 20.3.